The van der Waals surface area contributed by atoms with Crippen LogP contribution in [0.5, 0.6) is 0 Å². The van der Waals surface area contributed by atoms with Crippen LogP contribution in [0.3, 0.4) is 0 Å². The van der Waals surface area contributed by atoms with Crippen LogP contribution in [0.4, 0.5) is 0 Å². The molecule has 0 atom stereocenters. The molecule has 0 radical (unpaired) electrons. The molecule has 2 rings (SSSR count). The highest BCUT2D eigenvalue weighted by Crippen LogP contribution is 2.28. The summed E-state index contributed by atoms with van der Waals surface area (Å²) >= 11 is 3.31. The van der Waals surface area contributed by atoms with Crippen LogP contribution in [-0.4, -0.2) is 11.1 Å². The number of aromatic carboxylic acids is 1. The molecule has 2 heterocycles. The van der Waals surface area contributed by atoms with Gasteiger partial charge in [-0.3, -0.25) is 0 Å². The summed E-state index contributed by atoms with van der Waals surface area (Å²) in [6, 6.07) is 5.62. The van der Waals surface area contributed by atoms with E-state index in [1.165, 1.54) is 4.21 Å². The molecule has 16 heavy (non-hydrogen) atoms. The lowest BCUT2D eigenvalue weighted by Gasteiger charge is -1.93. The molecule has 2 aromatic rings. The van der Waals surface area contributed by atoms with Crippen molar-refractivity contribution in [2.45, 2.75) is 16.9 Å². The average Bonchev–Trinajstić information content (AvgIpc) is 2.83. The molecular formula is C11H10O3S2. The van der Waals surface area contributed by atoms with Crippen molar-refractivity contribution in [3.05, 3.63) is 40.7 Å². The Hall–Kier alpha value is -1.20. The first-order chi connectivity index (χ1) is 7.66. The fraction of sp³-hybridized carbons (Fsp3) is 0.182. The predicted molar refractivity (Wildman–Crippen MR) is 64.3 cm³/mol. The summed E-state index contributed by atoms with van der Waals surface area (Å²) in [6.07, 6.45) is 0. The first kappa shape index (κ1) is 11.3. The SMILES string of the molecule is Cc1oc(CSc2cccs2)cc1C(=O)O. The zero-order valence-electron chi connectivity index (χ0n) is 8.60. The molecule has 0 aliphatic heterocycles. The van der Waals surface area contributed by atoms with Gasteiger partial charge in [0.2, 0.25) is 0 Å². The molecule has 0 spiro atoms. The van der Waals surface area contributed by atoms with E-state index in [4.69, 9.17) is 9.52 Å². The van der Waals surface area contributed by atoms with Crippen molar-refractivity contribution in [1.29, 1.82) is 0 Å². The lowest BCUT2D eigenvalue weighted by molar-refractivity contribution is 0.0695. The van der Waals surface area contributed by atoms with E-state index in [1.54, 1.807) is 36.1 Å². The summed E-state index contributed by atoms with van der Waals surface area (Å²) in [5, 5.41) is 10.9. The van der Waals surface area contributed by atoms with Crippen molar-refractivity contribution in [3.63, 3.8) is 0 Å². The van der Waals surface area contributed by atoms with E-state index in [2.05, 4.69) is 0 Å². The lowest BCUT2D eigenvalue weighted by Crippen LogP contribution is -1.94. The summed E-state index contributed by atoms with van der Waals surface area (Å²) in [5.41, 5.74) is 0.252. The number of carboxylic acid groups (broad SMARTS) is 1. The standard InChI is InChI=1S/C11H10O3S2/c1-7-9(11(12)13)5-8(14-7)6-16-10-3-2-4-15-10/h2-5H,6H2,1H3,(H,12,13). The molecular weight excluding hydrogens is 244 g/mol. The van der Waals surface area contributed by atoms with Crippen LogP contribution in [0.15, 0.2) is 32.2 Å². The Morgan fingerprint density at radius 1 is 1.62 bits per heavy atom. The van der Waals surface area contributed by atoms with Crippen molar-refractivity contribution >= 4 is 29.1 Å². The van der Waals surface area contributed by atoms with Gasteiger partial charge in [-0.05, 0) is 24.4 Å². The molecule has 0 unspecified atom stereocenters. The van der Waals surface area contributed by atoms with E-state index in [0.717, 1.165) is 0 Å². The van der Waals surface area contributed by atoms with Crippen molar-refractivity contribution in [2.24, 2.45) is 0 Å². The minimum atomic E-state index is -0.936. The van der Waals surface area contributed by atoms with E-state index in [0.29, 0.717) is 17.3 Å². The van der Waals surface area contributed by atoms with Gasteiger partial charge in [-0.1, -0.05) is 6.07 Å². The Morgan fingerprint density at radius 3 is 3.00 bits per heavy atom. The second-order valence-electron chi connectivity index (χ2n) is 3.21. The molecule has 0 fully saturated rings. The lowest BCUT2D eigenvalue weighted by atomic mass is 10.2. The Balaban J connectivity index is 2.05. The predicted octanol–water partition coefficient (Wildman–Crippen LogP) is 3.64. The van der Waals surface area contributed by atoms with Gasteiger partial charge in [-0.2, -0.15) is 0 Å². The Morgan fingerprint density at radius 2 is 2.44 bits per heavy atom. The van der Waals surface area contributed by atoms with Crippen LogP contribution in [-0.2, 0) is 5.75 Å². The van der Waals surface area contributed by atoms with E-state index >= 15 is 0 Å². The number of aryl methyl sites for hydroxylation is 1. The highest BCUT2D eigenvalue weighted by molar-refractivity contribution is 8.00. The number of rotatable bonds is 4. The number of hydrogen-bond acceptors (Lipinski definition) is 4. The Kier molecular flexibility index (Phi) is 3.36. The molecule has 0 aliphatic carbocycles. The summed E-state index contributed by atoms with van der Waals surface area (Å²) in [6.45, 7) is 1.67. The fourth-order valence-electron chi connectivity index (χ4n) is 1.32. The zero-order valence-corrected chi connectivity index (χ0v) is 10.2. The molecule has 0 aliphatic rings. The molecule has 1 N–H and O–H groups in total. The van der Waals surface area contributed by atoms with Gasteiger partial charge >= 0.3 is 5.97 Å². The van der Waals surface area contributed by atoms with Crippen LogP contribution >= 0.6 is 23.1 Å². The Bertz CT molecular complexity index is 485. The zero-order chi connectivity index (χ0) is 11.5. The average molecular weight is 254 g/mol. The molecule has 0 bridgehead atoms. The van der Waals surface area contributed by atoms with E-state index in [-0.39, 0.29) is 5.56 Å². The molecule has 0 amide bonds. The van der Waals surface area contributed by atoms with Gasteiger partial charge in [0.1, 0.15) is 17.1 Å². The number of carbonyl (C=O) groups is 1. The van der Waals surface area contributed by atoms with Crippen molar-refractivity contribution in [2.75, 3.05) is 0 Å². The highest BCUT2D eigenvalue weighted by Gasteiger charge is 2.13. The van der Waals surface area contributed by atoms with E-state index in [1.807, 2.05) is 17.5 Å². The maximum atomic E-state index is 10.8. The van der Waals surface area contributed by atoms with Gasteiger partial charge in [-0.15, -0.1) is 23.1 Å². The number of furan rings is 1. The third-order valence-corrected chi connectivity index (χ3v) is 4.20. The van der Waals surface area contributed by atoms with Crippen LogP contribution in [0.25, 0.3) is 0 Å². The van der Waals surface area contributed by atoms with E-state index in [9.17, 15) is 4.79 Å². The fourth-order valence-corrected chi connectivity index (χ4v) is 2.98. The number of hydrogen-bond donors (Lipinski definition) is 1. The van der Waals surface area contributed by atoms with Crippen LogP contribution in [0, 0.1) is 6.92 Å². The first-order valence-electron chi connectivity index (χ1n) is 4.65. The van der Waals surface area contributed by atoms with Gasteiger partial charge in [0.25, 0.3) is 0 Å². The number of thioether (sulfide) groups is 1. The first-order valence-corrected chi connectivity index (χ1v) is 6.52. The van der Waals surface area contributed by atoms with Gasteiger partial charge in [-0.25, -0.2) is 4.79 Å². The van der Waals surface area contributed by atoms with Gasteiger partial charge in [0, 0.05) is 0 Å². The molecule has 3 nitrogen and oxygen atoms in total. The van der Waals surface area contributed by atoms with Crippen LogP contribution in [0.2, 0.25) is 0 Å². The van der Waals surface area contributed by atoms with Gasteiger partial charge in [0.15, 0.2) is 0 Å². The highest BCUT2D eigenvalue weighted by atomic mass is 32.2. The minimum absolute atomic E-state index is 0.252. The molecule has 0 saturated carbocycles. The normalized spacial score (nSPS) is 10.6. The number of carboxylic acids is 1. The topological polar surface area (TPSA) is 50.4 Å². The maximum Gasteiger partial charge on any atom is 0.339 e. The van der Waals surface area contributed by atoms with Crippen molar-refractivity contribution < 1.29 is 14.3 Å². The summed E-state index contributed by atoms with van der Waals surface area (Å²) < 4.78 is 6.58. The smallest absolute Gasteiger partial charge is 0.339 e. The molecule has 2 aromatic heterocycles. The van der Waals surface area contributed by atoms with Gasteiger partial charge < -0.3 is 9.52 Å². The second kappa shape index (κ2) is 4.76. The van der Waals surface area contributed by atoms with Crippen molar-refractivity contribution in [1.82, 2.24) is 0 Å². The summed E-state index contributed by atoms with van der Waals surface area (Å²) in [5.74, 6) is 0.894. The van der Waals surface area contributed by atoms with E-state index < -0.39 is 5.97 Å². The van der Waals surface area contributed by atoms with Crippen LogP contribution in [0.1, 0.15) is 21.9 Å². The van der Waals surface area contributed by atoms with Crippen molar-refractivity contribution in [3.8, 4) is 0 Å². The second-order valence-corrected chi connectivity index (χ2v) is 5.43. The summed E-state index contributed by atoms with van der Waals surface area (Å²) in [4.78, 5) is 10.8. The minimum Gasteiger partial charge on any atom is -0.478 e. The monoisotopic (exact) mass is 254 g/mol. The quantitative estimate of drug-likeness (QED) is 0.846. The molecule has 0 saturated heterocycles. The third-order valence-electron chi connectivity index (χ3n) is 2.05. The van der Waals surface area contributed by atoms with Gasteiger partial charge in [0.05, 0.1) is 9.96 Å². The Labute approximate surface area is 101 Å². The summed E-state index contributed by atoms with van der Waals surface area (Å²) in [7, 11) is 0. The third kappa shape index (κ3) is 2.48. The van der Waals surface area contributed by atoms with Crippen LogP contribution < -0.4 is 0 Å². The molecule has 5 heteroatoms. The maximum absolute atomic E-state index is 10.8. The largest absolute Gasteiger partial charge is 0.478 e. The molecule has 0 aromatic carbocycles. The number of thiophene rings is 1. The molecule has 84 valence electrons.